The van der Waals surface area contributed by atoms with Crippen molar-refractivity contribution in [1.29, 1.82) is 5.26 Å². The molecule has 2 N–H and O–H groups in total. The highest BCUT2D eigenvalue weighted by Crippen LogP contribution is 2.34. The summed E-state index contributed by atoms with van der Waals surface area (Å²) in [4.78, 5) is 4.59. The van der Waals surface area contributed by atoms with E-state index in [2.05, 4.69) is 38.9 Å². The van der Waals surface area contributed by atoms with Gasteiger partial charge in [-0.2, -0.15) is 10.4 Å². The van der Waals surface area contributed by atoms with Crippen LogP contribution in [0.25, 0.3) is 11.1 Å². The predicted molar refractivity (Wildman–Crippen MR) is 136 cm³/mol. The summed E-state index contributed by atoms with van der Waals surface area (Å²) in [6.07, 6.45) is 6.14. The van der Waals surface area contributed by atoms with Crippen LogP contribution in [0.3, 0.4) is 0 Å². The zero-order valence-electron chi connectivity index (χ0n) is 19.3. The molecule has 0 spiro atoms. The summed E-state index contributed by atoms with van der Waals surface area (Å²) in [5.41, 5.74) is 5.57. The molecular formula is C27H25ClN6O. The highest BCUT2D eigenvalue weighted by Gasteiger charge is 2.29. The Morgan fingerprint density at radius 2 is 2.06 bits per heavy atom. The SMILES string of the molecule is Cn1cc(-c2cnc3c(c2)NC[C@@H]([C@H](NCCc2ccc(Cl)cc2C#N)c2ccccc2)O3)cn1. The molecule has 176 valence electrons. The second kappa shape index (κ2) is 10.2. The number of rotatable bonds is 7. The van der Waals surface area contributed by atoms with Crippen LogP contribution in [0.4, 0.5) is 5.69 Å². The Morgan fingerprint density at radius 3 is 2.83 bits per heavy atom. The number of anilines is 1. The Morgan fingerprint density at radius 1 is 1.20 bits per heavy atom. The Balaban J connectivity index is 1.33. The van der Waals surface area contributed by atoms with Gasteiger partial charge in [-0.3, -0.25) is 4.68 Å². The Bertz CT molecular complexity index is 1360. The molecule has 8 heteroatoms. The minimum absolute atomic E-state index is 0.0607. The average Bonchev–Trinajstić information content (AvgIpc) is 3.33. The van der Waals surface area contributed by atoms with Crippen molar-refractivity contribution in [3.05, 3.63) is 94.9 Å². The summed E-state index contributed by atoms with van der Waals surface area (Å²) in [7, 11) is 1.89. The van der Waals surface area contributed by atoms with Crippen LogP contribution in [-0.2, 0) is 13.5 Å². The number of ether oxygens (including phenoxy) is 1. The summed E-state index contributed by atoms with van der Waals surface area (Å²) >= 11 is 6.05. The smallest absolute Gasteiger partial charge is 0.237 e. The lowest BCUT2D eigenvalue weighted by Gasteiger charge is -2.33. The largest absolute Gasteiger partial charge is 0.469 e. The number of hydrogen-bond donors (Lipinski definition) is 2. The highest BCUT2D eigenvalue weighted by molar-refractivity contribution is 6.30. The van der Waals surface area contributed by atoms with Crippen molar-refractivity contribution in [3.8, 4) is 23.1 Å². The van der Waals surface area contributed by atoms with Crippen LogP contribution in [0.15, 0.2) is 73.2 Å². The molecule has 2 aromatic heterocycles. The first kappa shape index (κ1) is 22.9. The first-order valence-electron chi connectivity index (χ1n) is 11.5. The third-order valence-corrected chi connectivity index (χ3v) is 6.36. The number of pyridine rings is 1. The molecule has 0 saturated carbocycles. The van der Waals surface area contributed by atoms with Gasteiger partial charge in [-0.1, -0.05) is 48.0 Å². The van der Waals surface area contributed by atoms with Crippen LogP contribution in [-0.4, -0.2) is 34.0 Å². The molecule has 0 amide bonds. The second-order valence-electron chi connectivity index (χ2n) is 8.52. The highest BCUT2D eigenvalue weighted by atomic mass is 35.5. The molecule has 0 aliphatic carbocycles. The van der Waals surface area contributed by atoms with Gasteiger partial charge in [0.25, 0.3) is 0 Å². The molecule has 0 radical (unpaired) electrons. The van der Waals surface area contributed by atoms with Gasteiger partial charge in [0.15, 0.2) is 0 Å². The van der Waals surface area contributed by atoms with Crippen molar-refractivity contribution in [2.24, 2.45) is 7.05 Å². The minimum atomic E-state index is -0.165. The average molecular weight is 485 g/mol. The number of halogens is 1. The van der Waals surface area contributed by atoms with E-state index < -0.39 is 0 Å². The van der Waals surface area contributed by atoms with Gasteiger partial charge in [-0.25, -0.2) is 4.98 Å². The van der Waals surface area contributed by atoms with Crippen LogP contribution in [0, 0.1) is 11.3 Å². The van der Waals surface area contributed by atoms with Crippen molar-refractivity contribution in [2.75, 3.05) is 18.4 Å². The van der Waals surface area contributed by atoms with E-state index in [-0.39, 0.29) is 12.1 Å². The lowest BCUT2D eigenvalue weighted by Crippen LogP contribution is -2.43. The number of nitrogens with zero attached hydrogens (tertiary/aromatic N) is 4. The molecule has 7 nitrogen and oxygen atoms in total. The number of hydrogen-bond acceptors (Lipinski definition) is 6. The maximum absolute atomic E-state index is 9.45. The quantitative estimate of drug-likeness (QED) is 0.393. The minimum Gasteiger partial charge on any atom is -0.469 e. The Hall–Kier alpha value is -3.86. The summed E-state index contributed by atoms with van der Waals surface area (Å²) in [6.45, 7) is 1.30. The van der Waals surface area contributed by atoms with Gasteiger partial charge < -0.3 is 15.4 Å². The van der Waals surface area contributed by atoms with E-state index in [4.69, 9.17) is 16.3 Å². The molecule has 2 aromatic carbocycles. The van der Waals surface area contributed by atoms with E-state index in [1.807, 2.05) is 62.0 Å². The van der Waals surface area contributed by atoms with Gasteiger partial charge in [0.05, 0.1) is 36.1 Å². The molecule has 2 atom stereocenters. The van der Waals surface area contributed by atoms with Gasteiger partial charge in [0.2, 0.25) is 5.88 Å². The molecule has 1 aliphatic heterocycles. The number of benzene rings is 2. The number of aromatic nitrogens is 3. The molecule has 35 heavy (non-hydrogen) atoms. The zero-order chi connectivity index (χ0) is 24.2. The van der Waals surface area contributed by atoms with Crippen LogP contribution in [0.1, 0.15) is 22.7 Å². The van der Waals surface area contributed by atoms with Gasteiger partial charge in [0.1, 0.15) is 6.10 Å². The normalized spacial score (nSPS) is 15.4. The first-order chi connectivity index (χ1) is 17.1. The zero-order valence-corrected chi connectivity index (χ0v) is 20.0. The molecule has 0 unspecified atom stereocenters. The standard InChI is InChI=1S/C27H25ClN6O/c1-34-17-22(15-33-34)21-12-24-27(32-14-21)35-25(16-31-24)26(19-5-3-2-4-6-19)30-10-9-18-7-8-23(28)11-20(18)13-29/h2-8,11-12,14-15,17,25-26,30-31H,9-10,16H2,1H3/t25-,26+/m0/s1. The molecular weight excluding hydrogens is 460 g/mol. The number of nitrogens with one attached hydrogen (secondary N) is 2. The Kier molecular flexibility index (Phi) is 6.66. The molecule has 5 rings (SSSR count). The van der Waals surface area contributed by atoms with Crippen molar-refractivity contribution >= 4 is 17.3 Å². The lowest BCUT2D eigenvalue weighted by atomic mass is 9.99. The third-order valence-electron chi connectivity index (χ3n) is 6.13. The topological polar surface area (TPSA) is 87.8 Å². The number of aryl methyl sites for hydroxylation is 1. The fourth-order valence-corrected chi connectivity index (χ4v) is 4.51. The molecule has 3 heterocycles. The first-order valence-corrected chi connectivity index (χ1v) is 11.8. The van der Waals surface area contributed by atoms with Crippen LogP contribution < -0.4 is 15.4 Å². The predicted octanol–water partition coefficient (Wildman–Crippen LogP) is 4.75. The fraction of sp³-hybridized carbons (Fsp3) is 0.222. The van der Waals surface area contributed by atoms with E-state index in [9.17, 15) is 5.26 Å². The van der Waals surface area contributed by atoms with Gasteiger partial charge in [-0.05, 0) is 42.3 Å². The molecule has 4 aromatic rings. The van der Waals surface area contributed by atoms with Gasteiger partial charge >= 0.3 is 0 Å². The lowest BCUT2D eigenvalue weighted by molar-refractivity contribution is 0.150. The van der Waals surface area contributed by atoms with E-state index in [0.29, 0.717) is 36.0 Å². The van der Waals surface area contributed by atoms with Crippen LogP contribution in [0.5, 0.6) is 5.88 Å². The summed E-state index contributed by atoms with van der Waals surface area (Å²) in [6, 6.07) is 19.9. The van der Waals surface area contributed by atoms with Crippen molar-refractivity contribution in [1.82, 2.24) is 20.1 Å². The molecule has 0 bridgehead atoms. The second-order valence-corrected chi connectivity index (χ2v) is 8.96. The molecule has 1 aliphatic rings. The fourth-order valence-electron chi connectivity index (χ4n) is 4.34. The van der Waals surface area contributed by atoms with Crippen molar-refractivity contribution in [3.63, 3.8) is 0 Å². The van der Waals surface area contributed by atoms with Crippen LogP contribution >= 0.6 is 11.6 Å². The summed E-state index contributed by atoms with van der Waals surface area (Å²) < 4.78 is 8.15. The number of fused-ring (bicyclic) bond motifs is 1. The maximum atomic E-state index is 9.45. The van der Waals surface area contributed by atoms with E-state index in [1.165, 1.54) is 0 Å². The Labute approximate surface area is 209 Å². The summed E-state index contributed by atoms with van der Waals surface area (Å²) in [5.74, 6) is 0.584. The monoisotopic (exact) mass is 484 g/mol. The molecule has 0 fully saturated rings. The molecule has 0 saturated heterocycles. The van der Waals surface area contributed by atoms with E-state index >= 15 is 0 Å². The van der Waals surface area contributed by atoms with Crippen molar-refractivity contribution < 1.29 is 4.74 Å². The third kappa shape index (κ3) is 5.14. The maximum Gasteiger partial charge on any atom is 0.237 e. The number of nitriles is 1. The van der Waals surface area contributed by atoms with Crippen molar-refractivity contribution in [2.45, 2.75) is 18.6 Å². The van der Waals surface area contributed by atoms with E-state index in [0.717, 1.165) is 27.9 Å². The van der Waals surface area contributed by atoms with Crippen LogP contribution in [0.2, 0.25) is 5.02 Å². The van der Waals surface area contributed by atoms with Gasteiger partial charge in [-0.15, -0.1) is 0 Å². The van der Waals surface area contributed by atoms with E-state index in [1.54, 1.807) is 10.7 Å². The summed E-state index contributed by atoms with van der Waals surface area (Å²) in [5, 5.41) is 21.4. The van der Waals surface area contributed by atoms with Gasteiger partial charge in [0, 0.05) is 35.6 Å².